The van der Waals surface area contributed by atoms with Crippen molar-refractivity contribution in [2.75, 3.05) is 5.32 Å². The smallest absolute Gasteiger partial charge is 0.258 e. The van der Waals surface area contributed by atoms with Crippen LogP contribution >= 0.6 is 23.2 Å². The average Bonchev–Trinajstić information content (AvgIpc) is 3.15. The van der Waals surface area contributed by atoms with E-state index in [2.05, 4.69) is 10.4 Å². The van der Waals surface area contributed by atoms with Gasteiger partial charge in [0, 0.05) is 21.4 Å². The second-order valence-electron chi connectivity index (χ2n) is 5.97. The van der Waals surface area contributed by atoms with E-state index >= 15 is 0 Å². The van der Waals surface area contributed by atoms with Gasteiger partial charge in [-0.3, -0.25) is 9.00 Å². The molecule has 1 unspecified atom stereocenters. The zero-order valence-corrected chi connectivity index (χ0v) is 16.0. The number of nitrogens with one attached hydrogen (secondary N) is 1. The van der Waals surface area contributed by atoms with Crippen LogP contribution in [0.5, 0.6) is 0 Å². The Labute approximate surface area is 166 Å². The van der Waals surface area contributed by atoms with Gasteiger partial charge in [0.05, 0.1) is 33.5 Å². The third-order valence-corrected chi connectivity index (χ3v) is 5.92. The van der Waals surface area contributed by atoms with Crippen LogP contribution in [-0.2, 0) is 22.3 Å². The topological polar surface area (TPSA) is 64.0 Å². The molecule has 1 aromatic heterocycles. The van der Waals surface area contributed by atoms with Gasteiger partial charge in [-0.15, -0.1) is 0 Å². The monoisotopic (exact) mass is 423 g/mol. The largest absolute Gasteiger partial charge is 0.306 e. The van der Waals surface area contributed by atoms with Crippen molar-refractivity contribution in [3.8, 4) is 5.69 Å². The van der Waals surface area contributed by atoms with Crippen LogP contribution in [0.25, 0.3) is 5.69 Å². The molecule has 1 aliphatic rings. The Kier molecular flexibility index (Phi) is 4.75. The highest BCUT2D eigenvalue weighted by Crippen LogP contribution is 2.32. The van der Waals surface area contributed by atoms with E-state index in [1.807, 2.05) is 0 Å². The normalized spacial score (nSPS) is 15.6. The number of nitrogens with zero attached hydrogens (tertiary/aromatic N) is 2. The molecular formula is C18H12Cl2FN3O2S. The molecule has 2 heterocycles. The molecule has 1 amide bonds. The molecule has 0 saturated carbocycles. The van der Waals surface area contributed by atoms with E-state index in [-0.39, 0.29) is 22.2 Å². The molecule has 4 rings (SSSR count). The van der Waals surface area contributed by atoms with Crippen molar-refractivity contribution >= 4 is 45.7 Å². The fourth-order valence-corrected chi connectivity index (χ4v) is 4.51. The molecule has 3 aromatic rings. The standard InChI is InChI=1S/C18H12Cl2FN3O2S/c19-10-1-6-15(20)13(7-10)18(25)22-17-14-8-27(26)9-16(14)23-24(17)12-4-2-11(21)3-5-12/h1-7H,8-9H2,(H,22,25). The fraction of sp³-hybridized carbons (Fsp3) is 0.111. The number of amides is 1. The van der Waals surface area contributed by atoms with Gasteiger partial charge in [-0.2, -0.15) is 5.10 Å². The van der Waals surface area contributed by atoms with Gasteiger partial charge >= 0.3 is 0 Å². The first-order chi connectivity index (χ1) is 12.9. The summed E-state index contributed by atoms with van der Waals surface area (Å²) in [5.41, 5.74) is 2.13. The van der Waals surface area contributed by atoms with E-state index < -0.39 is 16.7 Å². The van der Waals surface area contributed by atoms with Crippen molar-refractivity contribution < 1.29 is 13.4 Å². The number of carbonyl (C=O) groups excluding carboxylic acids is 1. The van der Waals surface area contributed by atoms with Crippen molar-refractivity contribution in [1.29, 1.82) is 0 Å². The maximum Gasteiger partial charge on any atom is 0.258 e. The van der Waals surface area contributed by atoms with Gasteiger partial charge in [0.25, 0.3) is 5.91 Å². The number of hydrogen-bond acceptors (Lipinski definition) is 3. The summed E-state index contributed by atoms with van der Waals surface area (Å²) in [5, 5.41) is 7.89. The summed E-state index contributed by atoms with van der Waals surface area (Å²) in [6.07, 6.45) is 0. The molecule has 2 aromatic carbocycles. The van der Waals surface area contributed by atoms with Crippen LogP contribution in [0.15, 0.2) is 42.5 Å². The third kappa shape index (κ3) is 3.50. The van der Waals surface area contributed by atoms with Gasteiger partial charge in [0.15, 0.2) is 0 Å². The lowest BCUT2D eigenvalue weighted by Gasteiger charge is -2.12. The number of rotatable bonds is 3. The van der Waals surface area contributed by atoms with E-state index in [1.54, 1.807) is 18.2 Å². The van der Waals surface area contributed by atoms with Gasteiger partial charge in [0.2, 0.25) is 0 Å². The maximum atomic E-state index is 13.3. The number of benzene rings is 2. The Balaban J connectivity index is 1.77. The first-order valence-electron chi connectivity index (χ1n) is 7.90. The van der Waals surface area contributed by atoms with Crippen molar-refractivity contribution in [3.63, 3.8) is 0 Å². The maximum absolute atomic E-state index is 13.3. The Morgan fingerprint density at radius 3 is 2.63 bits per heavy atom. The summed E-state index contributed by atoms with van der Waals surface area (Å²) in [6.45, 7) is 0. The van der Waals surface area contributed by atoms with E-state index in [0.29, 0.717) is 33.5 Å². The molecule has 0 spiro atoms. The number of anilines is 1. The minimum absolute atomic E-state index is 0.212. The first kappa shape index (κ1) is 18.2. The fourth-order valence-electron chi connectivity index (χ4n) is 2.87. The second kappa shape index (κ2) is 7.07. The van der Waals surface area contributed by atoms with Gasteiger partial charge < -0.3 is 5.32 Å². The quantitative estimate of drug-likeness (QED) is 0.681. The van der Waals surface area contributed by atoms with Gasteiger partial charge in [-0.1, -0.05) is 23.2 Å². The molecular weight excluding hydrogens is 412 g/mol. The molecule has 9 heteroatoms. The van der Waals surface area contributed by atoms with E-state index in [9.17, 15) is 13.4 Å². The molecule has 0 aliphatic carbocycles. The highest BCUT2D eigenvalue weighted by molar-refractivity contribution is 7.83. The molecule has 1 aliphatic heterocycles. The predicted octanol–water partition coefficient (Wildman–Crippen LogP) is 4.33. The van der Waals surface area contributed by atoms with E-state index in [4.69, 9.17) is 23.2 Å². The molecule has 138 valence electrons. The number of hydrogen-bond donors (Lipinski definition) is 1. The first-order valence-corrected chi connectivity index (χ1v) is 10.1. The molecule has 0 radical (unpaired) electrons. The van der Waals surface area contributed by atoms with Crippen LogP contribution in [0.3, 0.4) is 0 Å². The Bertz CT molecular complexity index is 1080. The van der Waals surface area contributed by atoms with Crippen molar-refractivity contribution in [1.82, 2.24) is 9.78 Å². The molecule has 5 nitrogen and oxygen atoms in total. The minimum atomic E-state index is -1.07. The van der Waals surface area contributed by atoms with Crippen LogP contribution in [0.4, 0.5) is 10.2 Å². The Morgan fingerprint density at radius 1 is 1.15 bits per heavy atom. The summed E-state index contributed by atoms with van der Waals surface area (Å²) in [4.78, 5) is 12.8. The van der Waals surface area contributed by atoms with Crippen molar-refractivity contribution in [2.24, 2.45) is 0 Å². The second-order valence-corrected chi connectivity index (χ2v) is 8.27. The minimum Gasteiger partial charge on any atom is -0.306 e. The number of aromatic nitrogens is 2. The predicted molar refractivity (Wildman–Crippen MR) is 103 cm³/mol. The van der Waals surface area contributed by atoms with Crippen LogP contribution in [0.2, 0.25) is 10.0 Å². The zero-order valence-electron chi connectivity index (χ0n) is 13.7. The van der Waals surface area contributed by atoms with Crippen LogP contribution in [-0.4, -0.2) is 19.9 Å². The summed E-state index contributed by atoms with van der Waals surface area (Å²) in [7, 11) is -1.07. The van der Waals surface area contributed by atoms with Gasteiger partial charge in [-0.25, -0.2) is 9.07 Å². The molecule has 0 bridgehead atoms. The van der Waals surface area contributed by atoms with Crippen LogP contribution in [0, 0.1) is 5.82 Å². The van der Waals surface area contributed by atoms with E-state index in [1.165, 1.54) is 28.9 Å². The SMILES string of the molecule is O=C(Nc1c2c(nn1-c1ccc(F)cc1)CS(=O)C2)c1cc(Cl)ccc1Cl. The van der Waals surface area contributed by atoms with E-state index in [0.717, 1.165) is 0 Å². The van der Waals surface area contributed by atoms with Crippen molar-refractivity contribution in [2.45, 2.75) is 11.5 Å². The lowest BCUT2D eigenvalue weighted by molar-refractivity contribution is 0.102. The summed E-state index contributed by atoms with van der Waals surface area (Å²) in [6, 6.07) is 10.3. The summed E-state index contributed by atoms with van der Waals surface area (Å²) < 4.78 is 26.7. The molecule has 0 saturated heterocycles. The Hall–Kier alpha value is -2.22. The highest BCUT2D eigenvalue weighted by atomic mass is 35.5. The number of carbonyl (C=O) groups is 1. The van der Waals surface area contributed by atoms with Crippen LogP contribution in [0.1, 0.15) is 21.6 Å². The average molecular weight is 424 g/mol. The molecule has 27 heavy (non-hydrogen) atoms. The van der Waals surface area contributed by atoms with Gasteiger partial charge in [0.1, 0.15) is 11.6 Å². The lowest BCUT2D eigenvalue weighted by Crippen LogP contribution is -2.17. The summed E-state index contributed by atoms with van der Waals surface area (Å²) in [5.74, 6) is 0.144. The molecule has 1 atom stereocenters. The number of halogens is 3. The van der Waals surface area contributed by atoms with Crippen LogP contribution < -0.4 is 5.32 Å². The third-order valence-electron chi connectivity index (χ3n) is 4.15. The zero-order chi connectivity index (χ0) is 19.1. The molecule has 1 N–H and O–H groups in total. The lowest BCUT2D eigenvalue weighted by atomic mass is 10.2. The van der Waals surface area contributed by atoms with Crippen molar-refractivity contribution in [3.05, 3.63) is 75.1 Å². The molecule has 0 fully saturated rings. The Morgan fingerprint density at radius 2 is 1.89 bits per heavy atom. The summed E-state index contributed by atoms with van der Waals surface area (Å²) >= 11 is 12.1. The number of fused-ring (bicyclic) bond motifs is 1. The highest BCUT2D eigenvalue weighted by Gasteiger charge is 2.28. The van der Waals surface area contributed by atoms with Gasteiger partial charge in [-0.05, 0) is 42.5 Å².